The molecule has 1 aromatic carbocycles. The Kier molecular flexibility index (Phi) is 4.96. The number of hydrogen-bond acceptors (Lipinski definition) is 3. The van der Waals surface area contributed by atoms with E-state index in [0.29, 0.717) is 18.8 Å². The first kappa shape index (κ1) is 16.2. The van der Waals surface area contributed by atoms with Gasteiger partial charge in [0.25, 0.3) is 0 Å². The molecule has 22 heavy (non-hydrogen) atoms. The van der Waals surface area contributed by atoms with E-state index in [0.717, 1.165) is 11.1 Å². The van der Waals surface area contributed by atoms with Crippen molar-refractivity contribution < 1.29 is 9.53 Å². The number of rotatable bonds is 5. The number of pyridine rings is 1. The fourth-order valence-electron chi connectivity index (χ4n) is 2.27. The molecule has 0 saturated carbocycles. The number of ether oxygens (including phenoxy) is 1. The smallest absolute Gasteiger partial charge is 0.167 e. The molecule has 0 saturated heterocycles. The Bertz CT molecular complexity index is 639. The summed E-state index contributed by atoms with van der Waals surface area (Å²) in [6.45, 7) is 8.97. The van der Waals surface area contributed by atoms with Gasteiger partial charge in [0, 0.05) is 23.7 Å². The zero-order valence-electron chi connectivity index (χ0n) is 13.7. The normalized spacial score (nSPS) is 11.3. The van der Waals surface area contributed by atoms with Crippen LogP contribution in [0.25, 0.3) is 0 Å². The summed E-state index contributed by atoms with van der Waals surface area (Å²) in [6.07, 6.45) is 3.68. The van der Waals surface area contributed by atoms with Gasteiger partial charge in [-0.15, -0.1) is 0 Å². The predicted molar refractivity (Wildman–Crippen MR) is 88.6 cm³/mol. The van der Waals surface area contributed by atoms with Crippen LogP contribution in [0.1, 0.15) is 49.2 Å². The van der Waals surface area contributed by atoms with Gasteiger partial charge in [0.15, 0.2) is 5.78 Å². The molecule has 0 spiro atoms. The lowest BCUT2D eigenvalue weighted by Crippen LogP contribution is -2.12. The molecule has 3 heteroatoms. The van der Waals surface area contributed by atoms with Gasteiger partial charge < -0.3 is 4.74 Å². The minimum Gasteiger partial charge on any atom is -0.492 e. The number of benzene rings is 1. The number of aromatic nitrogens is 1. The number of ketones is 1. The van der Waals surface area contributed by atoms with Crippen LogP contribution in [0.3, 0.4) is 0 Å². The predicted octanol–water partition coefficient (Wildman–Crippen LogP) is 4.20. The molecule has 1 heterocycles. The van der Waals surface area contributed by atoms with Crippen molar-refractivity contribution in [3.05, 3.63) is 59.4 Å². The Morgan fingerprint density at radius 2 is 1.82 bits per heavy atom. The average molecular weight is 297 g/mol. The van der Waals surface area contributed by atoms with Crippen molar-refractivity contribution in [3.8, 4) is 5.75 Å². The van der Waals surface area contributed by atoms with E-state index in [1.54, 1.807) is 12.4 Å². The Morgan fingerprint density at radius 3 is 2.41 bits per heavy atom. The van der Waals surface area contributed by atoms with Gasteiger partial charge in [-0.2, -0.15) is 0 Å². The molecule has 1 aromatic heterocycles. The van der Waals surface area contributed by atoms with Gasteiger partial charge in [0.1, 0.15) is 5.75 Å². The quantitative estimate of drug-likeness (QED) is 0.776. The third-order valence-electron chi connectivity index (χ3n) is 3.59. The van der Waals surface area contributed by atoms with Crippen molar-refractivity contribution in [1.82, 2.24) is 4.98 Å². The third kappa shape index (κ3) is 3.94. The molecule has 3 nitrogen and oxygen atoms in total. The van der Waals surface area contributed by atoms with Crippen LogP contribution in [0.4, 0.5) is 0 Å². The van der Waals surface area contributed by atoms with Crippen LogP contribution in [-0.4, -0.2) is 17.4 Å². The molecule has 0 atom stereocenters. The first-order valence-electron chi connectivity index (χ1n) is 7.61. The fourth-order valence-corrected chi connectivity index (χ4v) is 2.27. The van der Waals surface area contributed by atoms with Crippen LogP contribution in [-0.2, 0) is 11.8 Å². The largest absolute Gasteiger partial charge is 0.492 e. The topological polar surface area (TPSA) is 39.2 Å². The minimum absolute atomic E-state index is 0.0904. The summed E-state index contributed by atoms with van der Waals surface area (Å²) in [5.74, 6) is 0.775. The maximum Gasteiger partial charge on any atom is 0.167 e. The van der Waals surface area contributed by atoms with E-state index in [-0.39, 0.29) is 11.2 Å². The van der Waals surface area contributed by atoms with Crippen molar-refractivity contribution >= 4 is 5.78 Å². The van der Waals surface area contributed by atoms with Crippen molar-refractivity contribution in [3.63, 3.8) is 0 Å². The second-order valence-corrected chi connectivity index (χ2v) is 6.34. The highest BCUT2D eigenvalue weighted by molar-refractivity contribution is 5.97. The molecule has 0 aliphatic rings. The zero-order chi connectivity index (χ0) is 16.2. The van der Waals surface area contributed by atoms with Gasteiger partial charge in [0.2, 0.25) is 0 Å². The van der Waals surface area contributed by atoms with Gasteiger partial charge in [-0.3, -0.25) is 9.78 Å². The Balaban J connectivity index is 2.16. The lowest BCUT2D eigenvalue weighted by atomic mass is 9.86. The van der Waals surface area contributed by atoms with Crippen LogP contribution in [0, 0.1) is 0 Å². The van der Waals surface area contributed by atoms with Gasteiger partial charge in [-0.05, 0) is 24.0 Å². The summed E-state index contributed by atoms with van der Waals surface area (Å²) in [6, 6.07) is 9.72. The molecule has 0 bridgehead atoms. The SMILES string of the molecule is CCOc1cnccc1CC(=O)c1ccc(C(C)(C)C)cc1. The first-order chi connectivity index (χ1) is 10.4. The standard InChI is InChI=1S/C19H23NO2/c1-5-22-18-13-20-11-10-15(18)12-17(21)14-6-8-16(9-7-14)19(2,3)4/h6-11,13H,5,12H2,1-4H3. The van der Waals surface area contributed by atoms with Crippen LogP contribution in [0.5, 0.6) is 5.75 Å². The fraction of sp³-hybridized carbons (Fsp3) is 0.368. The molecule has 0 fully saturated rings. The zero-order valence-corrected chi connectivity index (χ0v) is 13.7. The van der Waals surface area contributed by atoms with Crippen molar-refractivity contribution in [2.24, 2.45) is 0 Å². The molecule has 0 N–H and O–H groups in total. The lowest BCUT2D eigenvalue weighted by Gasteiger charge is -2.19. The third-order valence-corrected chi connectivity index (χ3v) is 3.59. The average Bonchev–Trinajstić information content (AvgIpc) is 2.49. The van der Waals surface area contributed by atoms with Gasteiger partial charge >= 0.3 is 0 Å². The molecule has 2 aromatic rings. The Morgan fingerprint density at radius 1 is 1.14 bits per heavy atom. The number of carbonyl (C=O) groups excluding carboxylic acids is 1. The lowest BCUT2D eigenvalue weighted by molar-refractivity contribution is 0.0991. The van der Waals surface area contributed by atoms with E-state index in [2.05, 4.69) is 25.8 Å². The number of Topliss-reactive ketones (excluding diaryl/α,β-unsaturated/α-hetero) is 1. The minimum atomic E-state index is 0.0904. The Labute approximate surface area is 132 Å². The number of nitrogens with zero attached hydrogens (tertiary/aromatic N) is 1. The highest BCUT2D eigenvalue weighted by Crippen LogP contribution is 2.23. The van der Waals surface area contributed by atoms with Crippen LogP contribution >= 0.6 is 0 Å². The highest BCUT2D eigenvalue weighted by atomic mass is 16.5. The highest BCUT2D eigenvalue weighted by Gasteiger charge is 2.15. The van der Waals surface area contributed by atoms with Crippen LogP contribution in [0.15, 0.2) is 42.7 Å². The molecule has 0 amide bonds. The second kappa shape index (κ2) is 6.73. The summed E-state index contributed by atoms with van der Waals surface area (Å²) in [4.78, 5) is 16.5. The van der Waals surface area contributed by atoms with Crippen molar-refractivity contribution in [2.45, 2.75) is 39.5 Å². The van der Waals surface area contributed by atoms with Gasteiger partial charge in [-0.1, -0.05) is 45.0 Å². The number of carbonyl (C=O) groups is 1. The van der Waals surface area contributed by atoms with E-state index in [1.807, 2.05) is 37.3 Å². The molecule has 2 rings (SSSR count). The molecular weight excluding hydrogens is 274 g/mol. The Hall–Kier alpha value is -2.16. The molecule has 0 aliphatic heterocycles. The van der Waals surface area contributed by atoms with Crippen molar-refractivity contribution in [1.29, 1.82) is 0 Å². The molecule has 0 unspecified atom stereocenters. The summed E-state index contributed by atoms with van der Waals surface area (Å²) in [5.41, 5.74) is 2.92. The van der Waals surface area contributed by atoms with E-state index in [9.17, 15) is 4.79 Å². The second-order valence-electron chi connectivity index (χ2n) is 6.34. The summed E-state index contributed by atoms with van der Waals surface area (Å²) in [7, 11) is 0. The van der Waals surface area contributed by atoms with E-state index < -0.39 is 0 Å². The monoisotopic (exact) mass is 297 g/mol. The van der Waals surface area contributed by atoms with E-state index >= 15 is 0 Å². The molecule has 116 valence electrons. The van der Waals surface area contributed by atoms with Gasteiger partial charge in [-0.25, -0.2) is 0 Å². The van der Waals surface area contributed by atoms with E-state index in [4.69, 9.17) is 4.74 Å². The summed E-state index contributed by atoms with van der Waals surface area (Å²) >= 11 is 0. The summed E-state index contributed by atoms with van der Waals surface area (Å²) in [5, 5.41) is 0. The van der Waals surface area contributed by atoms with Crippen LogP contribution < -0.4 is 4.74 Å². The maximum atomic E-state index is 12.5. The number of hydrogen-bond donors (Lipinski definition) is 0. The van der Waals surface area contributed by atoms with Crippen molar-refractivity contribution in [2.75, 3.05) is 6.61 Å². The maximum absolute atomic E-state index is 12.5. The van der Waals surface area contributed by atoms with Crippen LogP contribution in [0.2, 0.25) is 0 Å². The molecule has 0 aliphatic carbocycles. The molecular formula is C19H23NO2. The molecule has 0 radical (unpaired) electrons. The summed E-state index contributed by atoms with van der Waals surface area (Å²) < 4.78 is 5.52. The van der Waals surface area contributed by atoms with E-state index in [1.165, 1.54) is 5.56 Å². The van der Waals surface area contributed by atoms with Gasteiger partial charge in [0.05, 0.1) is 12.8 Å². The first-order valence-corrected chi connectivity index (χ1v) is 7.61.